The number of rotatable bonds is 7. The van der Waals surface area contributed by atoms with Crippen molar-refractivity contribution in [2.75, 3.05) is 6.61 Å². The summed E-state index contributed by atoms with van der Waals surface area (Å²) in [6, 6.07) is 22.8. The van der Waals surface area contributed by atoms with Crippen LogP contribution in [0.4, 0.5) is 0 Å². The molecule has 3 aromatic rings. The van der Waals surface area contributed by atoms with Crippen LogP contribution in [0, 0.1) is 0 Å². The van der Waals surface area contributed by atoms with Crippen LogP contribution in [-0.4, -0.2) is 18.5 Å². The van der Waals surface area contributed by atoms with Gasteiger partial charge in [-0.05, 0) is 48.9 Å². The van der Waals surface area contributed by atoms with Crippen LogP contribution in [-0.2, 0) is 9.53 Å². The zero-order valence-electron chi connectivity index (χ0n) is 15.8. The Labute approximate surface area is 174 Å². The summed E-state index contributed by atoms with van der Waals surface area (Å²) >= 11 is 5.97. The third-order valence-corrected chi connectivity index (χ3v) is 4.37. The third-order valence-electron chi connectivity index (χ3n) is 4.14. The van der Waals surface area contributed by atoms with Crippen molar-refractivity contribution < 1.29 is 19.1 Å². The number of halogens is 1. The number of para-hydroxylation sites is 2. The fourth-order valence-corrected chi connectivity index (χ4v) is 2.89. The minimum atomic E-state index is -0.637. The summed E-state index contributed by atoms with van der Waals surface area (Å²) in [7, 11) is 0. The molecule has 3 rings (SSSR count). The predicted octanol–water partition coefficient (Wildman–Crippen LogP) is 5.17. The van der Waals surface area contributed by atoms with Gasteiger partial charge in [0.2, 0.25) is 0 Å². The zero-order valence-corrected chi connectivity index (χ0v) is 16.6. The molecule has 3 aromatic carbocycles. The molecule has 1 amide bonds. The van der Waals surface area contributed by atoms with Gasteiger partial charge in [-0.15, -0.1) is 0 Å². The number of benzene rings is 3. The van der Waals surface area contributed by atoms with Crippen molar-refractivity contribution in [3.63, 3.8) is 0 Å². The monoisotopic (exact) mass is 409 g/mol. The Morgan fingerprint density at radius 2 is 1.69 bits per heavy atom. The van der Waals surface area contributed by atoms with Crippen molar-refractivity contribution in [3.8, 4) is 11.5 Å². The molecule has 0 heterocycles. The molecular weight excluding hydrogens is 390 g/mol. The standard InChI is InChI=1S/C23H20ClNO4/c1-16(17-8-7-9-18(24)14-17)25-22(26)15-28-23(27)20-12-5-6-13-21(20)29-19-10-3-2-4-11-19/h2-14,16H,15H2,1H3,(H,25,26)/t16-/m1/s1. The molecule has 6 heteroatoms. The molecule has 0 aromatic heterocycles. The van der Waals surface area contributed by atoms with Crippen molar-refractivity contribution in [1.82, 2.24) is 5.32 Å². The second-order valence-corrected chi connectivity index (χ2v) is 6.77. The highest BCUT2D eigenvalue weighted by Gasteiger charge is 2.17. The van der Waals surface area contributed by atoms with E-state index in [-0.39, 0.29) is 11.6 Å². The van der Waals surface area contributed by atoms with E-state index >= 15 is 0 Å². The van der Waals surface area contributed by atoms with Gasteiger partial charge in [-0.3, -0.25) is 4.79 Å². The number of amides is 1. The maximum Gasteiger partial charge on any atom is 0.342 e. The largest absolute Gasteiger partial charge is 0.456 e. The van der Waals surface area contributed by atoms with Gasteiger partial charge in [-0.1, -0.05) is 54.1 Å². The molecule has 0 aliphatic rings. The summed E-state index contributed by atoms with van der Waals surface area (Å²) in [6.07, 6.45) is 0. The van der Waals surface area contributed by atoms with Crippen LogP contribution in [0.5, 0.6) is 11.5 Å². The SMILES string of the molecule is C[C@@H](NC(=O)COC(=O)c1ccccc1Oc1ccccc1)c1cccc(Cl)c1. The highest BCUT2D eigenvalue weighted by molar-refractivity contribution is 6.30. The first-order valence-electron chi connectivity index (χ1n) is 9.07. The Bertz CT molecular complexity index is 991. The summed E-state index contributed by atoms with van der Waals surface area (Å²) in [5, 5.41) is 3.37. The average molecular weight is 410 g/mol. The number of hydrogen-bond donors (Lipinski definition) is 1. The van der Waals surface area contributed by atoms with Crippen molar-refractivity contribution >= 4 is 23.5 Å². The lowest BCUT2D eigenvalue weighted by atomic mass is 10.1. The first kappa shape index (κ1) is 20.4. The summed E-state index contributed by atoms with van der Waals surface area (Å²) in [5.74, 6) is -0.0911. The number of carbonyl (C=O) groups is 2. The first-order valence-corrected chi connectivity index (χ1v) is 9.44. The van der Waals surface area contributed by atoms with Gasteiger partial charge >= 0.3 is 5.97 Å². The van der Waals surface area contributed by atoms with E-state index in [1.165, 1.54) is 0 Å². The fourth-order valence-electron chi connectivity index (χ4n) is 2.69. The second-order valence-electron chi connectivity index (χ2n) is 6.33. The number of carbonyl (C=O) groups excluding carboxylic acids is 2. The van der Waals surface area contributed by atoms with Crippen molar-refractivity contribution in [2.45, 2.75) is 13.0 Å². The molecule has 0 saturated carbocycles. The maximum absolute atomic E-state index is 12.5. The van der Waals surface area contributed by atoms with Gasteiger partial charge in [-0.2, -0.15) is 0 Å². The van der Waals surface area contributed by atoms with Crippen LogP contribution in [0.1, 0.15) is 28.9 Å². The molecule has 0 saturated heterocycles. The number of esters is 1. The van der Waals surface area contributed by atoms with Gasteiger partial charge in [0, 0.05) is 5.02 Å². The van der Waals surface area contributed by atoms with Gasteiger partial charge in [0.1, 0.15) is 17.1 Å². The van der Waals surface area contributed by atoms with E-state index in [1.54, 1.807) is 48.5 Å². The lowest BCUT2D eigenvalue weighted by Crippen LogP contribution is -2.31. The quantitative estimate of drug-likeness (QED) is 0.547. The topological polar surface area (TPSA) is 64.6 Å². The summed E-state index contributed by atoms with van der Waals surface area (Å²) in [6.45, 7) is 1.43. The molecule has 0 aliphatic heterocycles. The highest BCUT2D eigenvalue weighted by Crippen LogP contribution is 2.25. The Hall–Kier alpha value is -3.31. The van der Waals surface area contributed by atoms with E-state index in [1.807, 2.05) is 37.3 Å². The van der Waals surface area contributed by atoms with Gasteiger partial charge in [-0.25, -0.2) is 4.79 Å². The fraction of sp³-hybridized carbons (Fsp3) is 0.130. The van der Waals surface area contributed by atoms with Gasteiger partial charge in [0.05, 0.1) is 6.04 Å². The van der Waals surface area contributed by atoms with E-state index in [0.29, 0.717) is 16.5 Å². The molecule has 5 nitrogen and oxygen atoms in total. The van der Waals surface area contributed by atoms with Gasteiger partial charge < -0.3 is 14.8 Å². The molecule has 0 aliphatic carbocycles. The van der Waals surface area contributed by atoms with E-state index < -0.39 is 18.5 Å². The summed E-state index contributed by atoms with van der Waals surface area (Å²) in [5.41, 5.74) is 1.10. The molecular formula is C23H20ClNO4. The Kier molecular flexibility index (Phi) is 6.87. The van der Waals surface area contributed by atoms with Crippen molar-refractivity contribution in [1.29, 1.82) is 0 Å². The minimum Gasteiger partial charge on any atom is -0.456 e. The number of hydrogen-bond acceptors (Lipinski definition) is 4. The zero-order chi connectivity index (χ0) is 20.6. The Morgan fingerprint density at radius 3 is 2.45 bits per heavy atom. The Balaban J connectivity index is 1.58. The number of nitrogens with one attached hydrogen (secondary N) is 1. The van der Waals surface area contributed by atoms with E-state index in [2.05, 4.69) is 5.32 Å². The number of ether oxygens (including phenoxy) is 2. The summed E-state index contributed by atoms with van der Waals surface area (Å²) in [4.78, 5) is 24.6. The van der Waals surface area contributed by atoms with E-state index in [9.17, 15) is 9.59 Å². The molecule has 148 valence electrons. The normalized spacial score (nSPS) is 11.4. The molecule has 29 heavy (non-hydrogen) atoms. The third kappa shape index (κ3) is 5.83. The first-order chi connectivity index (χ1) is 14.0. The van der Waals surface area contributed by atoms with Gasteiger partial charge in [0.15, 0.2) is 6.61 Å². The molecule has 0 radical (unpaired) electrons. The van der Waals surface area contributed by atoms with Gasteiger partial charge in [0.25, 0.3) is 5.91 Å². The van der Waals surface area contributed by atoms with Crippen LogP contribution in [0.15, 0.2) is 78.9 Å². The molecule has 1 atom stereocenters. The predicted molar refractivity (Wildman–Crippen MR) is 111 cm³/mol. The molecule has 0 spiro atoms. The van der Waals surface area contributed by atoms with Crippen LogP contribution in [0.25, 0.3) is 0 Å². The Morgan fingerprint density at radius 1 is 0.966 bits per heavy atom. The molecule has 0 fully saturated rings. The second kappa shape index (κ2) is 9.75. The van der Waals surface area contributed by atoms with E-state index in [0.717, 1.165) is 5.56 Å². The van der Waals surface area contributed by atoms with Crippen LogP contribution < -0.4 is 10.1 Å². The molecule has 0 bridgehead atoms. The smallest absolute Gasteiger partial charge is 0.342 e. The summed E-state index contributed by atoms with van der Waals surface area (Å²) < 4.78 is 10.9. The molecule has 0 unspecified atom stereocenters. The van der Waals surface area contributed by atoms with Crippen LogP contribution >= 0.6 is 11.6 Å². The minimum absolute atomic E-state index is 0.243. The highest BCUT2D eigenvalue weighted by atomic mass is 35.5. The molecule has 1 N–H and O–H groups in total. The maximum atomic E-state index is 12.5. The van der Waals surface area contributed by atoms with Crippen molar-refractivity contribution in [2.24, 2.45) is 0 Å². The average Bonchev–Trinajstić information content (AvgIpc) is 2.73. The van der Waals surface area contributed by atoms with Crippen molar-refractivity contribution in [3.05, 3.63) is 95.0 Å². The van der Waals surface area contributed by atoms with Crippen LogP contribution in [0.3, 0.4) is 0 Å². The lowest BCUT2D eigenvalue weighted by molar-refractivity contribution is -0.124. The van der Waals surface area contributed by atoms with Crippen LogP contribution in [0.2, 0.25) is 5.02 Å². The lowest BCUT2D eigenvalue weighted by Gasteiger charge is -2.15. The van der Waals surface area contributed by atoms with E-state index in [4.69, 9.17) is 21.1 Å².